The number of halogens is 2. The van der Waals surface area contributed by atoms with Gasteiger partial charge in [0.2, 0.25) is 17.6 Å². The molecule has 0 bridgehead atoms. The van der Waals surface area contributed by atoms with Gasteiger partial charge in [-0.15, -0.1) is 12.4 Å². The van der Waals surface area contributed by atoms with Crippen LogP contribution in [-0.2, 0) is 4.79 Å². The van der Waals surface area contributed by atoms with Crippen LogP contribution in [0.5, 0.6) is 0 Å². The van der Waals surface area contributed by atoms with E-state index >= 15 is 0 Å². The number of carbonyl (C=O) groups is 1. The third-order valence-electron chi connectivity index (χ3n) is 4.46. The predicted molar refractivity (Wildman–Crippen MR) is 101 cm³/mol. The highest BCUT2D eigenvalue weighted by molar-refractivity contribution is 9.10. The van der Waals surface area contributed by atoms with Crippen molar-refractivity contribution in [1.29, 1.82) is 0 Å². The van der Waals surface area contributed by atoms with E-state index in [1.807, 2.05) is 31.2 Å². The first-order valence-electron chi connectivity index (χ1n) is 8.17. The molecule has 3 rings (SSSR count). The molecule has 1 aromatic carbocycles. The second kappa shape index (κ2) is 8.78. The number of aromatic nitrogens is 2. The minimum Gasteiger partial charge on any atom is -0.345 e. The number of hydrogen-bond donors (Lipinski definition) is 2. The van der Waals surface area contributed by atoms with Crippen molar-refractivity contribution < 1.29 is 9.32 Å². The molecule has 1 saturated carbocycles. The number of hydrogen-bond acceptors (Lipinski definition) is 5. The minimum atomic E-state index is -0.327. The molecule has 3 atom stereocenters. The van der Waals surface area contributed by atoms with Gasteiger partial charge in [0.15, 0.2) is 0 Å². The van der Waals surface area contributed by atoms with Crippen molar-refractivity contribution in [3.63, 3.8) is 0 Å². The van der Waals surface area contributed by atoms with Gasteiger partial charge in [0.1, 0.15) is 6.04 Å². The Morgan fingerprint density at radius 2 is 2.12 bits per heavy atom. The Morgan fingerprint density at radius 3 is 2.76 bits per heavy atom. The van der Waals surface area contributed by atoms with Crippen LogP contribution in [0.1, 0.15) is 44.5 Å². The Balaban J connectivity index is 0.00000225. The monoisotopic (exact) mass is 428 g/mol. The molecule has 25 heavy (non-hydrogen) atoms. The molecule has 0 spiro atoms. The van der Waals surface area contributed by atoms with Gasteiger partial charge >= 0.3 is 0 Å². The molecule has 1 amide bonds. The first kappa shape index (κ1) is 19.9. The van der Waals surface area contributed by atoms with Gasteiger partial charge in [0, 0.05) is 22.5 Å². The molecule has 8 heteroatoms. The first-order chi connectivity index (χ1) is 11.5. The van der Waals surface area contributed by atoms with Gasteiger partial charge in [0.25, 0.3) is 0 Å². The number of amides is 1. The van der Waals surface area contributed by atoms with Crippen molar-refractivity contribution in [3.8, 4) is 11.4 Å². The highest BCUT2D eigenvalue weighted by atomic mass is 79.9. The number of rotatable bonds is 5. The van der Waals surface area contributed by atoms with E-state index in [1.165, 1.54) is 0 Å². The molecule has 0 aliphatic heterocycles. The molecule has 1 unspecified atom stereocenters. The number of nitrogens with two attached hydrogens (primary N) is 1. The van der Waals surface area contributed by atoms with Crippen LogP contribution in [0.3, 0.4) is 0 Å². The largest absolute Gasteiger partial charge is 0.345 e. The molecule has 2 aromatic rings. The molecule has 0 radical (unpaired) electrons. The molecule has 136 valence electrons. The number of nitrogens with zero attached hydrogens (tertiary/aromatic N) is 2. The van der Waals surface area contributed by atoms with Gasteiger partial charge < -0.3 is 15.6 Å². The summed E-state index contributed by atoms with van der Waals surface area (Å²) in [6.45, 7) is 1.84. The third kappa shape index (κ3) is 5.03. The van der Waals surface area contributed by atoms with E-state index in [0.29, 0.717) is 18.1 Å². The van der Waals surface area contributed by atoms with Crippen LogP contribution in [0.2, 0.25) is 0 Å². The molecular weight excluding hydrogens is 408 g/mol. The first-order valence-corrected chi connectivity index (χ1v) is 8.96. The molecular formula is C17H22BrClN4O2. The van der Waals surface area contributed by atoms with Crippen LogP contribution < -0.4 is 11.1 Å². The highest BCUT2D eigenvalue weighted by Crippen LogP contribution is 2.27. The van der Waals surface area contributed by atoms with Gasteiger partial charge in [-0.25, -0.2) is 0 Å². The summed E-state index contributed by atoms with van der Waals surface area (Å²) in [6.07, 6.45) is 3.60. The lowest BCUT2D eigenvalue weighted by molar-refractivity contribution is -0.122. The molecule has 6 nitrogen and oxygen atoms in total. The topological polar surface area (TPSA) is 94.0 Å². The summed E-state index contributed by atoms with van der Waals surface area (Å²) in [4.78, 5) is 16.6. The van der Waals surface area contributed by atoms with Crippen molar-refractivity contribution in [2.24, 2.45) is 11.7 Å². The minimum absolute atomic E-state index is 0. The van der Waals surface area contributed by atoms with E-state index in [0.717, 1.165) is 29.3 Å². The van der Waals surface area contributed by atoms with Gasteiger partial charge in [0.05, 0.1) is 0 Å². The van der Waals surface area contributed by atoms with Crippen molar-refractivity contribution in [3.05, 3.63) is 34.6 Å². The Hall–Kier alpha value is -1.44. The van der Waals surface area contributed by atoms with E-state index in [1.54, 1.807) is 0 Å². The standard InChI is InChI=1S/C17H21BrN4O2.ClH/c1-10(20-15(23)9-12-3-2-4-14(12)19)17-21-16(22-24-17)11-5-7-13(18)8-6-11;/h5-8,10,12,14H,2-4,9,19H2,1H3,(H,20,23);1H/t10?,12-,14+;/m0./s1. The molecule has 1 heterocycles. The number of benzene rings is 1. The van der Waals surface area contributed by atoms with Crippen LogP contribution in [0, 0.1) is 5.92 Å². The lowest BCUT2D eigenvalue weighted by Crippen LogP contribution is -2.33. The summed E-state index contributed by atoms with van der Waals surface area (Å²) in [5.74, 6) is 1.17. The molecule has 3 N–H and O–H groups in total. The van der Waals surface area contributed by atoms with E-state index in [4.69, 9.17) is 10.3 Å². The average Bonchev–Trinajstić information content (AvgIpc) is 3.18. The smallest absolute Gasteiger partial charge is 0.249 e. The van der Waals surface area contributed by atoms with Crippen molar-refractivity contribution in [2.75, 3.05) is 0 Å². The fourth-order valence-electron chi connectivity index (χ4n) is 3.05. The van der Waals surface area contributed by atoms with Crippen LogP contribution in [0.4, 0.5) is 0 Å². The number of carbonyl (C=O) groups excluding carboxylic acids is 1. The highest BCUT2D eigenvalue weighted by Gasteiger charge is 2.27. The molecule has 1 fully saturated rings. The van der Waals surface area contributed by atoms with Crippen LogP contribution in [-0.4, -0.2) is 22.1 Å². The predicted octanol–water partition coefficient (Wildman–Crippen LogP) is 3.62. The van der Waals surface area contributed by atoms with Gasteiger partial charge in [-0.1, -0.05) is 27.5 Å². The zero-order valence-electron chi connectivity index (χ0n) is 13.9. The summed E-state index contributed by atoms with van der Waals surface area (Å²) in [7, 11) is 0. The van der Waals surface area contributed by atoms with Gasteiger partial charge in [-0.05, 0) is 49.9 Å². The second-order valence-corrected chi connectivity index (χ2v) is 7.23. The summed E-state index contributed by atoms with van der Waals surface area (Å²) in [5, 5.41) is 6.91. The zero-order valence-corrected chi connectivity index (χ0v) is 16.3. The summed E-state index contributed by atoms with van der Waals surface area (Å²) in [6, 6.07) is 7.46. The SMILES string of the molecule is CC(NC(=O)C[C@@H]1CCC[C@H]1N)c1nc(-c2ccc(Br)cc2)no1.Cl. The fourth-order valence-corrected chi connectivity index (χ4v) is 3.31. The number of nitrogens with one attached hydrogen (secondary N) is 1. The lowest BCUT2D eigenvalue weighted by Gasteiger charge is -2.16. The van der Waals surface area contributed by atoms with Crippen LogP contribution in [0.15, 0.2) is 33.3 Å². The van der Waals surface area contributed by atoms with E-state index < -0.39 is 0 Å². The van der Waals surface area contributed by atoms with Crippen molar-refractivity contribution >= 4 is 34.2 Å². The van der Waals surface area contributed by atoms with Crippen molar-refractivity contribution in [2.45, 2.75) is 44.7 Å². The van der Waals surface area contributed by atoms with Crippen LogP contribution >= 0.6 is 28.3 Å². The summed E-state index contributed by atoms with van der Waals surface area (Å²) >= 11 is 3.39. The third-order valence-corrected chi connectivity index (χ3v) is 4.99. The lowest BCUT2D eigenvalue weighted by atomic mass is 10.00. The molecule has 1 aromatic heterocycles. The van der Waals surface area contributed by atoms with E-state index in [2.05, 4.69) is 31.4 Å². The maximum Gasteiger partial charge on any atom is 0.249 e. The Morgan fingerprint density at radius 1 is 1.40 bits per heavy atom. The normalized spacial score (nSPS) is 20.8. The maximum absolute atomic E-state index is 12.2. The second-order valence-electron chi connectivity index (χ2n) is 6.31. The van der Waals surface area contributed by atoms with E-state index in [-0.39, 0.29) is 36.3 Å². The van der Waals surface area contributed by atoms with Crippen molar-refractivity contribution in [1.82, 2.24) is 15.5 Å². The van der Waals surface area contributed by atoms with Gasteiger partial charge in [-0.2, -0.15) is 4.98 Å². The maximum atomic E-state index is 12.2. The summed E-state index contributed by atoms with van der Waals surface area (Å²) in [5.41, 5.74) is 6.89. The summed E-state index contributed by atoms with van der Waals surface area (Å²) < 4.78 is 6.28. The van der Waals surface area contributed by atoms with E-state index in [9.17, 15) is 4.79 Å². The fraction of sp³-hybridized carbons (Fsp3) is 0.471. The Kier molecular flexibility index (Phi) is 6.98. The quantitative estimate of drug-likeness (QED) is 0.757. The van der Waals surface area contributed by atoms with Crippen LogP contribution in [0.25, 0.3) is 11.4 Å². The molecule has 1 aliphatic carbocycles. The Bertz CT molecular complexity index is 707. The Labute approximate surface area is 161 Å². The molecule has 1 aliphatic rings. The average molecular weight is 430 g/mol. The zero-order chi connectivity index (χ0) is 17.1. The van der Waals surface area contributed by atoms with Gasteiger partial charge in [-0.3, -0.25) is 4.79 Å². The molecule has 0 saturated heterocycles.